The van der Waals surface area contributed by atoms with E-state index < -0.39 is 34.6 Å². The SMILES string of the molecule is CO/N=C(/C)CC(=O)N[C@H](CF)[C@H](O)c1ccc(S(C)(=O)=O)cc1. The molecule has 0 saturated heterocycles. The van der Waals surface area contributed by atoms with E-state index in [9.17, 15) is 22.7 Å². The Morgan fingerprint density at radius 2 is 1.96 bits per heavy atom. The minimum Gasteiger partial charge on any atom is -0.399 e. The van der Waals surface area contributed by atoms with Gasteiger partial charge in [0, 0.05) is 6.26 Å². The van der Waals surface area contributed by atoms with Crippen molar-refractivity contribution in [2.75, 3.05) is 20.0 Å². The van der Waals surface area contributed by atoms with Crippen molar-refractivity contribution in [1.29, 1.82) is 0 Å². The molecule has 1 rings (SSSR count). The molecule has 0 spiro atoms. The number of oxime groups is 1. The predicted octanol–water partition coefficient (Wildman–Crippen LogP) is 0.990. The van der Waals surface area contributed by atoms with Crippen LogP contribution in [-0.4, -0.2) is 51.2 Å². The Labute approximate surface area is 140 Å². The van der Waals surface area contributed by atoms with E-state index >= 15 is 0 Å². The molecule has 0 radical (unpaired) electrons. The summed E-state index contributed by atoms with van der Waals surface area (Å²) >= 11 is 0. The summed E-state index contributed by atoms with van der Waals surface area (Å²) in [5, 5.41) is 16.2. The lowest BCUT2D eigenvalue weighted by atomic mass is 10.0. The second kappa shape index (κ2) is 8.74. The number of carbonyl (C=O) groups is 1. The van der Waals surface area contributed by atoms with Crippen LogP contribution >= 0.6 is 0 Å². The fraction of sp³-hybridized carbons (Fsp3) is 0.467. The van der Waals surface area contributed by atoms with Crippen LogP contribution in [0.4, 0.5) is 4.39 Å². The normalized spacial score (nSPS) is 14.8. The smallest absolute Gasteiger partial charge is 0.226 e. The van der Waals surface area contributed by atoms with E-state index in [0.29, 0.717) is 11.3 Å². The van der Waals surface area contributed by atoms with E-state index in [0.717, 1.165) is 6.26 Å². The van der Waals surface area contributed by atoms with Gasteiger partial charge in [-0.05, 0) is 24.6 Å². The number of hydrogen-bond donors (Lipinski definition) is 2. The Kier molecular flexibility index (Phi) is 7.30. The Bertz CT molecular complexity index is 688. The Hall–Kier alpha value is -2.00. The molecule has 0 bridgehead atoms. The summed E-state index contributed by atoms with van der Waals surface area (Å²) in [6, 6.07) is 4.25. The predicted molar refractivity (Wildman–Crippen MR) is 87.2 cm³/mol. The van der Waals surface area contributed by atoms with Crippen molar-refractivity contribution in [2.45, 2.75) is 30.4 Å². The van der Waals surface area contributed by atoms with Crippen LogP contribution in [0.5, 0.6) is 0 Å². The number of halogens is 1. The number of nitrogens with zero attached hydrogens (tertiary/aromatic N) is 1. The Morgan fingerprint density at radius 1 is 1.38 bits per heavy atom. The standard InChI is InChI=1S/C15H21FN2O5S/c1-10(18-23-2)8-14(19)17-13(9-16)15(20)11-4-6-12(7-5-11)24(3,21)22/h4-7,13,15,20H,8-9H2,1-3H3,(H,17,19)/b18-10-/t13-,15-/m1/s1. The summed E-state index contributed by atoms with van der Waals surface area (Å²) in [6.07, 6.45) is -0.343. The van der Waals surface area contributed by atoms with Crippen molar-refractivity contribution < 1.29 is 27.5 Å². The van der Waals surface area contributed by atoms with Crippen molar-refractivity contribution in [1.82, 2.24) is 5.32 Å². The average Bonchev–Trinajstić information content (AvgIpc) is 2.51. The molecule has 0 heterocycles. The topological polar surface area (TPSA) is 105 Å². The third-order valence-corrected chi connectivity index (χ3v) is 4.34. The number of amides is 1. The molecule has 9 heteroatoms. The minimum atomic E-state index is -3.36. The van der Waals surface area contributed by atoms with Crippen molar-refractivity contribution in [3.8, 4) is 0 Å². The third-order valence-electron chi connectivity index (χ3n) is 3.21. The van der Waals surface area contributed by atoms with Crippen LogP contribution in [0, 0.1) is 0 Å². The molecule has 2 N–H and O–H groups in total. The molecule has 0 aliphatic rings. The zero-order valence-corrected chi connectivity index (χ0v) is 14.5. The molecule has 7 nitrogen and oxygen atoms in total. The fourth-order valence-corrected chi connectivity index (χ4v) is 2.66. The molecule has 0 aliphatic carbocycles. The van der Waals surface area contributed by atoms with E-state index in [4.69, 9.17) is 0 Å². The quantitative estimate of drug-likeness (QED) is 0.531. The highest BCUT2D eigenvalue weighted by Gasteiger charge is 2.23. The Balaban J connectivity index is 2.81. The van der Waals surface area contributed by atoms with Crippen LogP contribution in [0.3, 0.4) is 0 Å². The van der Waals surface area contributed by atoms with Gasteiger partial charge in [-0.25, -0.2) is 12.8 Å². The summed E-state index contributed by atoms with van der Waals surface area (Å²) in [4.78, 5) is 16.4. The number of rotatable bonds is 8. The van der Waals surface area contributed by atoms with Crippen molar-refractivity contribution in [2.24, 2.45) is 5.16 Å². The van der Waals surface area contributed by atoms with Gasteiger partial charge in [-0.15, -0.1) is 0 Å². The average molecular weight is 360 g/mol. The van der Waals surface area contributed by atoms with Crippen LogP contribution < -0.4 is 5.32 Å². The monoisotopic (exact) mass is 360 g/mol. The summed E-state index contributed by atoms with van der Waals surface area (Å²) < 4.78 is 36.0. The molecule has 0 unspecified atom stereocenters. The molecule has 0 aromatic heterocycles. The van der Waals surface area contributed by atoms with Gasteiger partial charge in [0.1, 0.15) is 19.9 Å². The highest BCUT2D eigenvalue weighted by atomic mass is 32.2. The van der Waals surface area contributed by atoms with E-state index in [2.05, 4.69) is 15.3 Å². The molecule has 24 heavy (non-hydrogen) atoms. The van der Waals surface area contributed by atoms with Gasteiger partial charge in [-0.2, -0.15) is 0 Å². The molecule has 1 aromatic rings. The lowest BCUT2D eigenvalue weighted by Crippen LogP contribution is -2.41. The maximum Gasteiger partial charge on any atom is 0.226 e. The Morgan fingerprint density at radius 3 is 2.42 bits per heavy atom. The second-order valence-electron chi connectivity index (χ2n) is 5.30. The molecule has 1 aromatic carbocycles. The number of benzene rings is 1. The van der Waals surface area contributed by atoms with E-state index in [1.54, 1.807) is 6.92 Å². The molecule has 1 amide bonds. The van der Waals surface area contributed by atoms with Crippen molar-refractivity contribution >= 4 is 21.5 Å². The van der Waals surface area contributed by atoms with Crippen LogP contribution in [0.1, 0.15) is 25.0 Å². The summed E-state index contributed by atoms with van der Waals surface area (Å²) in [7, 11) is -2.02. The lowest BCUT2D eigenvalue weighted by Gasteiger charge is -2.22. The van der Waals surface area contributed by atoms with E-state index in [1.807, 2.05) is 0 Å². The summed E-state index contributed by atoms with van der Waals surface area (Å²) in [6.45, 7) is 0.592. The van der Waals surface area contributed by atoms with Gasteiger partial charge in [0.15, 0.2) is 9.84 Å². The number of hydrogen-bond acceptors (Lipinski definition) is 6. The van der Waals surface area contributed by atoms with E-state index in [1.165, 1.54) is 31.4 Å². The number of sulfone groups is 1. The first-order valence-corrected chi connectivity index (χ1v) is 8.98. The number of alkyl halides is 1. The van der Waals surface area contributed by atoms with Crippen molar-refractivity contribution in [3.05, 3.63) is 29.8 Å². The zero-order chi connectivity index (χ0) is 18.3. The van der Waals surface area contributed by atoms with Gasteiger partial charge in [-0.3, -0.25) is 4.79 Å². The summed E-state index contributed by atoms with van der Waals surface area (Å²) in [5.41, 5.74) is 0.701. The van der Waals surface area contributed by atoms with Gasteiger partial charge in [-0.1, -0.05) is 17.3 Å². The summed E-state index contributed by atoms with van der Waals surface area (Å²) in [5.74, 6) is -0.511. The van der Waals surface area contributed by atoms with Gasteiger partial charge < -0.3 is 15.3 Å². The minimum absolute atomic E-state index is 0.0886. The number of carbonyl (C=O) groups excluding carboxylic acids is 1. The first-order chi connectivity index (χ1) is 11.2. The van der Waals surface area contributed by atoms with Crippen molar-refractivity contribution in [3.63, 3.8) is 0 Å². The molecular weight excluding hydrogens is 339 g/mol. The first-order valence-electron chi connectivity index (χ1n) is 7.09. The zero-order valence-electron chi connectivity index (χ0n) is 13.7. The van der Waals surface area contributed by atoms with Crippen LogP contribution in [0.25, 0.3) is 0 Å². The van der Waals surface area contributed by atoms with Gasteiger partial charge in [0.25, 0.3) is 0 Å². The van der Waals surface area contributed by atoms with Gasteiger partial charge >= 0.3 is 0 Å². The molecule has 134 valence electrons. The van der Waals surface area contributed by atoms with Crippen LogP contribution in [-0.2, 0) is 19.5 Å². The third kappa shape index (κ3) is 5.89. The molecule has 2 atom stereocenters. The molecular formula is C15H21FN2O5S. The van der Waals surface area contributed by atoms with Gasteiger partial charge in [0.05, 0.1) is 23.1 Å². The fourth-order valence-electron chi connectivity index (χ4n) is 2.02. The molecule has 0 aliphatic heterocycles. The highest BCUT2D eigenvalue weighted by molar-refractivity contribution is 7.90. The van der Waals surface area contributed by atoms with Crippen LogP contribution in [0.15, 0.2) is 34.3 Å². The first kappa shape index (κ1) is 20.0. The highest BCUT2D eigenvalue weighted by Crippen LogP contribution is 2.20. The van der Waals surface area contributed by atoms with Gasteiger partial charge in [0.2, 0.25) is 5.91 Å². The molecule has 0 saturated carbocycles. The number of aliphatic hydroxyl groups excluding tert-OH is 1. The lowest BCUT2D eigenvalue weighted by molar-refractivity contribution is -0.121. The largest absolute Gasteiger partial charge is 0.399 e. The van der Waals surface area contributed by atoms with E-state index in [-0.39, 0.29) is 11.3 Å². The maximum atomic E-state index is 13.2. The number of aliphatic hydroxyl groups is 1. The maximum absolute atomic E-state index is 13.2. The second-order valence-corrected chi connectivity index (χ2v) is 7.32. The van der Waals surface area contributed by atoms with Crippen LogP contribution in [0.2, 0.25) is 0 Å². The molecule has 0 fully saturated rings. The number of nitrogens with one attached hydrogen (secondary N) is 1.